The molecule has 5 nitrogen and oxygen atoms in total. The molecule has 2 rings (SSSR count). The summed E-state index contributed by atoms with van der Waals surface area (Å²) in [6, 6.07) is 5.56. The average molecular weight is 233 g/mol. The fourth-order valence-electron chi connectivity index (χ4n) is 1.86. The highest BCUT2D eigenvalue weighted by Crippen LogP contribution is 2.22. The molecule has 2 aromatic rings. The highest BCUT2D eigenvalue weighted by molar-refractivity contribution is 5.88. The van der Waals surface area contributed by atoms with Gasteiger partial charge in [0.25, 0.3) is 0 Å². The number of hydrogen-bond donors (Lipinski definition) is 1. The Bertz CT molecular complexity index is 560. The van der Waals surface area contributed by atoms with E-state index in [2.05, 4.69) is 9.72 Å². The number of anilines is 1. The molecule has 0 aliphatic heterocycles. The first-order chi connectivity index (χ1) is 8.17. The van der Waals surface area contributed by atoms with Crippen LogP contribution in [-0.2, 0) is 22.5 Å². The van der Waals surface area contributed by atoms with Crippen LogP contribution < -0.4 is 5.73 Å². The number of nitrogens with two attached hydrogens (primary N) is 1. The van der Waals surface area contributed by atoms with Crippen LogP contribution in [0.15, 0.2) is 18.2 Å². The first-order valence-electron chi connectivity index (χ1n) is 5.47. The Hall–Kier alpha value is -2.04. The predicted octanol–water partition coefficient (Wildman–Crippen LogP) is 1.35. The summed E-state index contributed by atoms with van der Waals surface area (Å²) in [6.45, 7) is 2.16. The molecule has 0 saturated carbocycles. The van der Waals surface area contributed by atoms with Gasteiger partial charge in [0.2, 0.25) is 0 Å². The lowest BCUT2D eigenvalue weighted by molar-refractivity contribution is -0.141. The molecule has 90 valence electrons. The van der Waals surface area contributed by atoms with E-state index in [0.717, 1.165) is 23.3 Å². The molecule has 1 aromatic carbocycles. The minimum absolute atomic E-state index is 0.166. The van der Waals surface area contributed by atoms with Crippen LogP contribution in [0.3, 0.4) is 0 Å². The van der Waals surface area contributed by atoms with Crippen LogP contribution in [0.25, 0.3) is 11.0 Å². The van der Waals surface area contributed by atoms with Gasteiger partial charge in [0.05, 0.1) is 18.3 Å². The first-order valence-corrected chi connectivity index (χ1v) is 5.47. The first kappa shape index (κ1) is 11.4. The Labute approximate surface area is 99.2 Å². The van der Waals surface area contributed by atoms with E-state index in [9.17, 15) is 4.79 Å². The fraction of sp³-hybridized carbons (Fsp3) is 0.333. The summed E-state index contributed by atoms with van der Waals surface area (Å²) >= 11 is 0. The zero-order valence-electron chi connectivity index (χ0n) is 9.93. The van der Waals surface area contributed by atoms with Gasteiger partial charge < -0.3 is 15.0 Å². The Kier molecular flexibility index (Phi) is 2.99. The molecule has 2 N–H and O–H groups in total. The maximum atomic E-state index is 11.4. The van der Waals surface area contributed by atoms with Crippen molar-refractivity contribution in [2.75, 3.05) is 12.8 Å². The Morgan fingerprint density at radius 3 is 2.94 bits per heavy atom. The van der Waals surface area contributed by atoms with Gasteiger partial charge >= 0.3 is 5.97 Å². The lowest BCUT2D eigenvalue weighted by atomic mass is 10.3. The van der Waals surface area contributed by atoms with Gasteiger partial charge in [-0.05, 0) is 12.1 Å². The molecule has 0 unspecified atom stereocenters. The zero-order valence-corrected chi connectivity index (χ0v) is 9.93. The van der Waals surface area contributed by atoms with Gasteiger partial charge in [0.1, 0.15) is 17.9 Å². The van der Waals surface area contributed by atoms with E-state index >= 15 is 0 Å². The van der Waals surface area contributed by atoms with Crippen molar-refractivity contribution in [2.45, 2.75) is 19.9 Å². The van der Waals surface area contributed by atoms with Crippen LogP contribution in [0.5, 0.6) is 0 Å². The maximum absolute atomic E-state index is 11.4. The second kappa shape index (κ2) is 4.45. The number of esters is 1. The van der Waals surface area contributed by atoms with Gasteiger partial charge in [0, 0.05) is 6.42 Å². The SMILES string of the molecule is CCc1nc2c(N)cccc2n1CC(=O)OC. The highest BCUT2D eigenvalue weighted by atomic mass is 16.5. The minimum Gasteiger partial charge on any atom is -0.468 e. The van der Waals surface area contributed by atoms with Gasteiger partial charge in [-0.1, -0.05) is 13.0 Å². The topological polar surface area (TPSA) is 70.1 Å². The molecule has 17 heavy (non-hydrogen) atoms. The van der Waals surface area contributed by atoms with Gasteiger partial charge in [-0.15, -0.1) is 0 Å². The standard InChI is InChI=1S/C12H15N3O2/c1-3-10-14-12-8(13)5-4-6-9(12)15(10)7-11(16)17-2/h4-6H,3,7,13H2,1-2H3. The molecular weight excluding hydrogens is 218 g/mol. The number of nitrogen functional groups attached to an aromatic ring is 1. The van der Waals surface area contributed by atoms with E-state index in [1.165, 1.54) is 7.11 Å². The van der Waals surface area contributed by atoms with Crippen LogP contribution >= 0.6 is 0 Å². The molecule has 0 fully saturated rings. The third-order valence-corrected chi connectivity index (χ3v) is 2.72. The number of carbonyl (C=O) groups is 1. The lowest BCUT2D eigenvalue weighted by Gasteiger charge is -2.06. The number of fused-ring (bicyclic) bond motifs is 1. The molecule has 0 saturated heterocycles. The van der Waals surface area contributed by atoms with Crippen molar-refractivity contribution in [2.24, 2.45) is 0 Å². The Balaban J connectivity index is 2.58. The molecule has 0 radical (unpaired) electrons. The monoisotopic (exact) mass is 233 g/mol. The van der Waals surface area contributed by atoms with Crippen LogP contribution in [-0.4, -0.2) is 22.6 Å². The van der Waals surface area contributed by atoms with Crippen molar-refractivity contribution in [3.05, 3.63) is 24.0 Å². The number of carbonyl (C=O) groups excluding carboxylic acids is 1. The number of aromatic nitrogens is 2. The normalized spacial score (nSPS) is 10.7. The van der Waals surface area contributed by atoms with Gasteiger partial charge in [-0.2, -0.15) is 0 Å². The van der Waals surface area contributed by atoms with Crippen LogP contribution in [0.4, 0.5) is 5.69 Å². The summed E-state index contributed by atoms with van der Waals surface area (Å²) in [6.07, 6.45) is 0.741. The van der Waals surface area contributed by atoms with Crippen molar-refractivity contribution in [1.82, 2.24) is 9.55 Å². The highest BCUT2D eigenvalue weighted by Gasteiger charge is 2.13. The van der Waals surface area contributed by atoms with Crippen molar-refractivity contribution in [3.8, 4) is 0 Å². The van der Waals surface area contributed by atoms with Crippen molar-refractivity contribution >= 4 is 22.7 Å². The second-order valence-electron chi connectivity index (χ2n) is 3.76. The maximum Gasteiger partial charge on any atom is 0.325 e. The molecule has 0 atom stereocenters. The molecule has 0 aliphatic carbocycles. The summed E-state index contributed by atoms with van der Waals surface area (Å²) in [7, 11) is 1.38. The molecule has 0 amide bonds. The Morgan fingerprint density at radius 2 is 2.29 bits per heavy atom. The van der Waals surface area contributed by atoms with Crippen LogP contribution in [0, 0.1) is 0 Å². The average Bonchev–Trinajstić information content (AvgIpc) is 2.69. The minimum atomic E-state index is -0.290. The third-order valence-electron chi connectivity index (χ3n) is 2.72. The summed E-state index contributed by atoms with van der Waals surface area (Å²) < 4.78 is 6.53. The van der Waals surface area contributed by atoms with E-state index in [0.29, 0.717) is 5.69 Å². The zero-order chi connectivity index (χ0) is 12.4. The number of ether oxygens (including phenoxy) is 1. The van der Waals surface area contributed by atoms with E-state index in [1.807, 2.05) is 23.6 Å². The number of para-hydroxylation sites is 1. The van der Waals surface area contributed by atoms with Crippen LogP contribution in [0.2, 0.25) is 0 Å². The number of imidazole rings is 1. The van der Waals surface area contributed by atoms with Crippen molar-refractivity contribution in [1.29, 1.82) is 0 Å². The smallest absolute Gasteiger partial charge is 0.325 e. The lowest BCUT2D eigenvalue weighted by Crippen LogP contribution is -2.13. The molecule has 1 aromatic heterocycles. The number of aryl methyl sites for hydroxylation is 1. The summed E-state index contributed by atoms with van der Waals surface area (Å²) in [5.74, 6) is 0.546. The van der Waals surface area contributed by atoms with Gasteiger partial charge in [0.15, 0.2) is 0 Å². The molecule has 0 aliphatic rings. The Morgan fingerprint density at radius 1 is 1.53 bits per heavy atom. The third kappa shape index (κ3) is 1.95. The van der Waals surface area contributed by atoms with E-state index in [4.69, 9.17) is 5.73 Å². The molecule has 5 heteroatoms. The van der Waals surface area contributed by atoms with Crippen molar-refractivity contribution < 1.29 is 9.53 Å². The molecule has 1 heterocycles. The van der Waals surface area contributed by atoms with E-state index < -0.39 is 0 Å². The number of benzene rings is 1. The predicted molar refractivity (Wildman–Crippen MR) is 65.5 cm³/mol. The van der Waals surface area contributed by atoms with Gasteiger partial charge in [-0.3, -0.25) is 4.79 Å². The number of hydrogen-bond acceptors (Lipinski definition) is 4. The van der Waals surface area contributed by atoms with Gasteiger partial charge in [-0.25, -0.2) is 4.98 Å². The molecule has 0 bridgehead atoms. The number of nitrogens with zero attached hydrogens (tertiary/aromatic N) is 2. The molecule has 0 spiro atoms. The van der Waals surface area contributed by atoms with E-state index in [1.54, 1.807) is 6.07 Å². The second-order valence-corrected chi connectivity index (χ2v) is 3.76. The van der Waals surface area contributed by atoms with Crippen LogP contribution in [0.1, 0.15) is 12.7 Å². The largest absolute Gasteiger partial charge is 0.468 e. The quantitative estimate of drug-likeness (QED) is 0.641. The van der Waals surface area contributed by atoms with Crippen molar-refractivity contribution in [3.63, 3.8) is 0 Å². The molecular formula is C12H15N3O2. The summed E-state index contributed by atoms with van der Waals surface area (Å²) in [4.78, 5) is 15.8. The number of rotatable bonds is 3. The number of methoxy groups -OCH3 is 1. The summed E-state index contributed by atoms with van der Waals surface area (Å²) in [5.41, 5.74) is 8.10. The van der Waals surface area contributed by atoms with E-state index in [-0.39, 0.29) is 12.5 Å². The fourth-order valence-corrected chi connectivity index (χ4v) is 1.86. The summed E-state index contributed by atoms with van der Waals surface area (Å²) in [5, 5.41) is 0.